The first-order valence-corrected chi connectivity index (χ1v) is 6.95. The molecule has 2 fully saturated rings. The number of ether oxygens (including phenoxy) is 1. The van der Waals surface area contributed by atoms with E-state index in [2.05, 4.69) is 9.88 Å². The second kappa shape index (κ2) is 5.17. The molecule has 1 aromatic heterocycles. The van der Waals surface area contributed by atoms with Gasteiger partial charge in [0, 0.05) is 6.54 Å². The summed E-state index contributed by atoms with van der Waals surface area (Å²) in [5, 5.41) is 7.50. The van der Waals surface area contributed by atoms with Gasteiger partial charge in [-0.2, -0.15) is 0 Å². The van der Waals surface area contributed by atoms with Crippen LogP contribution in [-0.4, -0.2) is 36.1 Å². The van der Waals surface area contributed by atoms with E-state index in [0.717, 1.165) is 31.8 Å². The van der Waals surface area contributed by atoms with Crippen LogP contribution in [0.2, 0.25) is 0 Å². The van der Waals surface area contributed by atoms with Crippen LogP contribution in [0.15, 0.2) is 18.2 Å². The first-order chi connectivity index (χ1) is 9.25. The highest BCUT2D eigenvalue weighted by Gasteiger charge is 2.34. The number of rotatable bonds is 2. The molecule has 1 aromatic rings. The Morgan fingerprint density at radius 3 is 3.05 bits per heavy atom. The van der Waals surface area contributed by atoms with E-state index in [4.69, 9.17) is 15.9 Å². The molecule has 1 saturated heterocycles. The van der Waals surface area contributed by atoms with Crippen molar-refractivity contribution in [2.45, 2.75) is 37.8 Å². The fourth-order valence-electron chi connectivity index (χ4n) is 3.11. The van der Waals surface area contributed by atoms with Crippen LogP contribution >= 0.6 is 0 Å². The van der Waals surface area contributed by atoms with Gasteiger partial charge in [0.25, 0.3) is 0 Å². The van der Waals surface area contributed by atoms with Crippen molar-refractivity contribution in [3.63, 3.8) is 0 Å². The van der Waals surface area contributed by atoms with Crippen molar-refractivity contribution < 1.29 is 4.74 Å². The smallest absolute Gasteiger partial charge is 0.141 e. The van der Waals surface area contributed by atoms with E-state index in [0.29, 0.717) is 17.8 Å². The molecule has 0 aromatic carbocycles. The topological polar surface area (TPSA) is 75.2 Å². The minimum Gasteiger partial charge on any atom is -0.382 e. The van der Waals surface area contributed by atoms with Gasteiger partial charge in [0.2, 0.25) is 0 Å². The zero-order valence-corrected chi connectivity index (χ0v) is 11.0. The Morgan fingerprint density at radius 2 is 2.21 bits per heavy atom. The lowest BCUT2D eigenvalue weighted by atomic mass is 9.90. The van der Waals surface area contributed by atoms with Gasteiger partial charge in [-0.1, -0.05) is 18.9 Å². The normalized spacial score (nSPS) is 26.8. The highest BCUT2D eigenvalue weighted by Crippen LogP contribution is 2.31. The molecule has 1 aliphatic heterocycles. The van der Waals surface area contributed by atoms with Gasteiger partial charge in [-0.3, -0.25) is 5.41 Å². The summed E-state index contributed by atoms with van der Waals surface area (Å²) in [7, 11) is 0. The second-order valence-electron chi connectivity index (χ2n) is 5.25. The van der Waals surface area contributed by atoms with Crippen molar-refractivity contribution in [1.82, 2.24) is 4.98 Å². The maximum absolute atomic E-state index is 7.50. The Hall–Kier alpha value is -1.62. The highest BCUT2D eigenvalue weighted by molar-refractivity contribution is 5.93. The van der Waals surface area contributed by atoms with E-state index >= 15 is 0 Å². The average Bonchev–Trinajstić information content (AvgIpc) is 2.47. The summed E-state index contributed by atoms with van der Waals surface area (Å²) >= 11 is 0. The standard InChI is InChI=1S/C14H20N4O/c15-14(16)10-4-3-7-13(17-10)18-8-9-19-12-6-2-1-5-11(12)18/h3-4,7,11-12H,1-2,5-6,8-9H2,(H3,15,16). The Bertz CT molecular complexity index is 474. The molecule has 3 rings (SSSR count). The maximum atomic E-state index is 7.50. The van der Waals surface area contributed by atoms with Crippen LogP contribution in [-0.2, 0) is 4.74 Å². The lowest BCUT2D eigenvalue weighted by Crippen LogP contribution is -2.53. The maximum Gasteiger partial charge on any atom is 0.141 e. The molecule has 0 spiro atoms. The molecule has 2 heterocycles. The molecule has 5 heteroatoms. The van der Waals surface area contributed by atoms with Gasteiger partial charge in [-0.05, 0) is 25.0 Å². The summed E-state index contributed by atoms with van der Waals surface area (Å²) in [6.07, 6.45) is 5.17. The van der Waals surface area contributed by atoms with Crippen molar-refractivity contribution in [2.75, 3.05) is 18.1 Å². The number of aromatic nitrogens is 1. The largest absolute Gasteiger partial charge is 0.382 e. The summed E-state index contributed by atoms with van der Waals surface area (Å²) in [5.74, 6) is 0.947. The molecule has 102 valence electrons. The van der Waals surface area contributed by atoms with Gasteiger partial charge in [-0.25, -0.2) is 4.98 Å². The van der Waals surface area contributed by atoms with E-state index in [1.165, 1.54) is 12.8 Å². The number of amidine groups is 1. The molecule has 2 aliphatic rings. The molecule has 19 heavy (non-hydrogen) atoms. The number of anilines is 1. The zero-order chi connectivity index (χ0) is 13.2. The number of hydrogen-bond acceptors (Lipinski definition) is 4. The molecule has 1 aliphatic carbocycles. The third kappa shape index (κ3) is 2.42. The third-order valence-corrected chi connectivity index (χ3v) is 4.04. The van der Waals surface area contributed by atoms with Crippen LogP contribution in [0.3, 0.4) is 0 Å². The van der Waals surface area contributed by atoms with Crippen LogP contribution in [0.4, 0.5) is 5.82 Å². The molecule has 2 unspecified atom stereocenters. The van der Waals surface area contributed by atoms with Crippen molar-refractivity contribution in [3.8, 4) is 0 Å². The monoisotopic (exact) mass is 260 g/mol. The predicted molar refractivity (Wildman–Crippen MR) is 74.6 cm³/mol. The van der Waals surface area contributed by atoms with Gasteiger partial charge < -0.3 is 15.4 Å². The van der Waals surface area contributed by atoms with Gasteiger partial charge in [0.15, 0.2) is 0 Å². The fourth-order valence-corrected chi connectivity index (χ4v) is 3.11. The minimum atomic E-state index is 0.0234. The Kier molecular flexibility index (Phi) is 3.38. The van der Waals surface area contributed by atoms with Gasteiger partial charge in [0.1, 0.15) is 17.3 Å². The summed E-state index contributed by atoms with van der Waals surface area (Å²) in [4.78, 5) is 6.84. The number of fused-ring (bicyclic) bond motifs is 1. The Balaban J connectivity index is 1.87. The van der Waals surface area contributed by atoms with Gasteiger partial charge in [-0.15, -0.1) is 0 Å². The van der Waals surface area contributed by atoms with Gasteiger partial charge >= 0.3 is 0 Å². The van der Waals surface area contributed by atoms with E-state index in [1.54, 1.807) is 6.07 Å². The Labute approximate surface area is 113 Å². The molecular weight excluding hydrogens is 240 g/mol. The summed E-state index contributed by atoms with van der Waals surface area (Å²) < 4.78 is 5.87. The number of nitrogens with zero attached hydrogens (tertiary/aromatic N) is 2. The number of morpholine rings is 1. The van der Waals surface area contributed by atoms with Crippen molar-refractivity contribution in [3.05, 3.63) is 23.9 Å². The molecule has 1 saturated carbocycles. The summed E-state index contributed by atoms with van der Waals surface area (Å²) in [6.45, 7) is 1.63. The lowest BCUT2D eigenvalue weighted by molar-refractivity contribution is -0.00898. The minimum absolute atomic E-state index is 0.0234. The predicted octanol–water partition coefficient (Wildman–Crippen LogP) is 1.51. The number of pyridine rings is 1. The summed E-state index contributed by atoms with van der Waals surface area (Å²) in [6, 6.07) is 6.14. The molecule has 3 N–H and O–H groups in total. The number of nitrogens with two attached hydrogens (primary N) is 1. The molecule has 0 radical (unpaired) electrons. The van der Waals surface area contributed by atoms with Crippen molar-refractivity contribution in [2.24, 2.45) is 5.73 Å². The van der Waals surface area contributed by atoms with E-state index in [9.17, 15) is 0 Å². The SMILES string of the molecule is N=C(N)c1cccc(N2CCOC3CCCCC32)n1. The first-order valence-electron chi connectivity index (χ1n) is 6.95. The summed E-state index contributed by atoms with van der Waals surface area (Å²) in [5.41, 5.74) is 6.07. The first kappa shape index (κ1) is 12.4. The van der Waals surface area contributed by atoms with E-state index in [-0.39, 0.29) is 5.84 Å². The zero-order valence-electron chi connectivity index (χ0n) is 11.0. The average molecular weight is 260 g/mol. The molecule has 0 amide bonds. The molecular formula is C14H20N4O. The van der Waals surface area contributed by atoms with E-state index in [1.807, 2.05) is 12.1 Å². The van der Waals surface area contributed by atoms with Gasteiger partial charge in [0.05, 0.1) is 18.8 Å². The Morgan fingerprint density at radius 1 is 1.37 bits per heavy atom. The van der Waals surface area contributed by atoms with Crippen LogP contribution in [0.5, 0.6) is 0 Å². The highest BCUT2D eigenvalue weighted by atomic mass is 16.5. The number of nitrogen functional groups attached to an aromatic ring is 1. The quantitative estimate of drug-likeness (QED) is 0.624. The van der Waals surface area contributed by atoms with Crippen molar-refractivity contribution in [1.29, 1.82) is 5.41 Å². The van der Waals surface area contributed by atoms with Crippen LogP contribution in [0.1, 0.15) is 31.4 Å². The third-order valence-electron chi connectivity index (χ3n) is 4.04. The molecule has 0 bridgehead atoms. The number of hydrogen-bond donors (Lipinski definition) is 2. The lowest BCUT2D eigenvalue weighted by Gasteiger charge is -2.44. The number of nitrogens with one attached hydrogen (secondary N) is 1. The second-order valence-corrected chi connectivity index (χ2v) is 5.25. The van der Waals surface area contributed by atoms with E-state index < -0.39 is 0 Å². The van der Waals surface area contributed by atoms with Crippen LogP contribution in [0.25, 0.3) is 0 Å². The van der Waals surface area contributed by atoms with Crippen molar-refractivity contribution >= 4 is 11.7 Å². The van der Waals surface area contributed by atoms with Crippen LogP contribution < -0.4 is 10.6 Å². The van der Waals surface area contributed by atoms with Crippen LogP contribution in [0, 0.1) is 5.41 Å². The fraction of sp³-hybridized carbons (Fsp3) is 0.571. The molecule has 2 atom stereocenters. The molecule has 5 nitrogen and oxygen atoms in total.